The van der Waals surface area contributed by atoms with E-state index in [4.69, 9.17) is 10.5 Å². The molecule has 1 fully saturated rings. The molecule has 80 valence electrons. The van der Waals surface area contributed by atoms with E-state index in [2.05, 4.69) is 18.0 Å². The van der Waals surface area contributed by atoms with Gasteiger partial charge >= 0.3 is 0 Å². The van der Waals surface area contributed by atoms with Crippen LogP contribution >= 0.6 is 0 Å². The first-order chi connectivity index (χ1) is 7.25. The van der Waals surface area contributed by atoms with Gasteiger partial charge in [0.25, 0.3) is 0 Å². The Morgan fingerprint density at radius 3 is 3.13 bits per heavy atom. The van der Waals surface area contributed by atoms with Gasteiger partial charge in [-0.3, -0.25) is 4.99 Å². The van der Waals surface area contributed by atoms with Crippen LogP contribution in [0.15, 0.2) is 23.2 Å². The van der Waals surface area contributed by atoms with Crippen LogP contribution in [0.4, 0.5) is 5.69 Å². The first-order valence-electron chi connectivity index (χ1n) is 5.23. The van der Waals surface area contributed by atoms with E-state index in [1.54, 1.807) is 0 Å². The van der Waals surface area contributed by atoms with Crippen LogP contribution < -0.4 is 5.73 Å². The van der Waals surface area contributed by atoms with E-state index in [1.807, 2.05) is 18.3 Å². The van der Waals surface area contributed by atoms with Crippen LogP contribution in [-0.2, 0) is 4.74 Å². The van der Waals surface area contributed by atoms with Crippen molar-refractivity contribution in [2.24, 2.45) is 4.99 Å². The first kappa shape index (κ1) is 10.2. The Morgan fingerprint density at radius 2 is 2.40 bits per heavy atom. The van der Waals surface area contributed by atoms with Gasteiger partial charge in [-0.05, 0) is 25.5 Å². The van der Waals surface area contributed by atoms with Crippen molar-refractivity contribution < 1.29 is 4.74 Å². The largest absolute Gasteiger partial charge is 0.398 e. The number of benzene rings is 1. The van der Waals surface area contributed by atoms with Crippen molar-refractivity contribution in [2.75, 3.05) is 18.9 Å². The minimum atomic E-state index is 0.310. The van der Waals surface area contributed by atoms with Crippen molar-refractivity contribution in [3.63, 3.8) is 0 Å². The van der Waals surface area contributed by atoms with E-state index >= 15 is 0 Å². The zero-order valence-corrected chi connectivity index (χ0v) is 8.94. The second-order valence-corrected chi connectivity index (χ2v) is 3.93. The molecule has 15 heavy (non-hydrogen) atoms. The molecule has 2 rings (SSSR count). The Labute approximate surface area is 90.0 Å². The third-order valence-electron chi connectivity index (χ3n) is 2.57. The monoisotopic (exact) mass is 204 g/mol. The van der Waals surface area contributed by atoms with E-state index in [1.165, 1.54) is 5.56 Å². The Kier molecular flexibility index (Phi) is 3.02. The molecule has 1 unspecified atom stereocenters. The minimum absolute atomic E-state index is 0.310. The lowest BCUT2D eigenvalue weighted by Gasteiger charge is -2.03. The lowest BCUT2D eigenvalue weighted by atomic mass is 10.1. The van der Waals surface area contributed by atoms with Crippen LogP contribution in [0.2, 0.25) is 0 Å². The number of ether oxygens (including phenoxy) is 1. The minimum Gasteiger partial charge on any atom is -0.398 e. The van der Waals surface area contributed by atoms with Crippen molar-refractivity contribution in [1.82, 2.24) is 0 Å². The number of aryl methyl sites for hydroxylation is 1. The van der Waals surface area contributed by atoms with Gasteiger partial charge in [-0.2, -0.15) is 0 Å². The van der Waals surface area contributed by atoms with Crippen molar-refractivity contribution in [3.8, 4) is 0 Å². The van der Waals surface area contributed by atoms with Crippen molar-refractivity contribution in [1.29, 1.82) is 0 Å². The van der Waals surface area contributed by atoms with Crippen LogP contribution in [0, 0.1) is 6.92 Å². The number of anilines is 1. The number of nitrogen functional groups attached to an aromatic ring is 1. The van der Waals surface area contributed by atoms with Gasteiger partial charge in [0.05, 0.1) is 12.6 Å². The molecular formula is C12H16N2O. The second-order valence-electron chi connectivity index (χ2n) is 3.93. The third-order valence-corrected chi connectivity index (χ3v) is 2.57. The number of nitrogens with two attached hydrogens (primary N) is 1. The highest BCUT2D eigenvalue weighted by atomic mass is 16.5. The summed E-state index contributed by atoms with van der Waals surface area (Å²) in [6.45, 7) is 3.61. The SMILES string of the molecule is Cc1ccc(N)c(C=NC2CCOC2)c1. The molecular weight excluding hydrogens is 188 g/mol. The summed E-state index contributed by atoms with van der Waals surface area (Å²) in [7, 11) is 0. The molecule has 1 aliphatic rings. The molecule has 0 saturated carbocycles. The van der Waals surface area contributed by atoms with Crippen LogP contribution in [-0.4, -0.2) is 25.5 Å². The van der Waals surface area contributed by atoms with Crippen LogP contribution in [0.5, 0.6) is 0 Å². The summed E-state index contributed by atoms with van der Waals surface area (Å²) in [6, 6.07) is 6.28. The van der Waals surface area contributed by atoms with Crippen molar-refractivity contribution in [3.05, 3.63) is 29.3 Å². The van der Waals surface area contributed by atoms with Gasteiger partial charge in [-0.25, -0.2) is 0 Å². The Hall–Kier alpha value is -1.35. The van der Waals surface area contributed by atoms with E-state index < -0.39 is 0 Å². The molecule has 1 aromatic carbocycles. The van der Waals surface area contributed by atoms with Crippen LogP contribution in [0.25, 0.3) is 0 Å². The summed E-state index contributed by atoms with van der Waals surface area (Å²) in [4.78, 5) is 4.47. The normalized spacial score (nSPS) is 21.3. The summed E-state index contributed by atoms with van der Waals surface area (Å²) in [5.74, 6) is 0. The van der Waals surface area contributed by atoms with Crippen molar-refractivity contribution >= 4 is 11.9 Å². The maximum Gasteiger partial charge on any atom is 0.0755 e. The fraction of sp³-hybridized carbons (Fsp3) is 0.417. The quantitative estimate of drug-likeness (QED) is 0.589. The molecule has 0 spiro atoms. The zero-order valence-electron chi connectivity index (χ0n) is 8.94. The highest BCUT2D eigenvalue weighted by Gasteiger charge is 2.12. The standard InChI is InChI=1S/C12H16N2O/c1-9-2-3-12(13)10(6-9)7-14-11-4-5-15-8-11/h2-3,6-7,11H,4-5,8,13H2,1H3. The van der Waals surface area contributed by atoms with Gasteiger partial charge in [0, 0.05) is 24.1 Å². The Balaban J connectivity index is 2.11. The summed E-state index contributed by atoms with van der Waals surface area (Å²) in [6.07, 6.45) is 2.88. The summed E-state index contributed by atoms with van der Waals surface area (Å²) < 4.78 is 5.25. The van der Waals surface area contributed by atoms with Gasteiger partial charge in [0.1, 0.15) is 0 Å². The van der Waals surface area contributed by atoms with Gasteiger partial charge in [-0.15, -0.1) is 0 Å². The molecule has 0 aliphatic carbocycles. The predicted octanol–water partition coefficient (Wildman–Crippen LogP) is 1.79. The molecule has 0 bridgehead atoms. The molecule has 3 heteroatoms. The zero-order chi connectivity index (χ0) is 10.7. The van der Waals surface area contributed by atoms with Gasteiger partial charge < -0.3 is 10.5 Å². The molecule has 1 saturated heterocycles. The molecule has 0 amide bonds. The fourth-order valence-electron chi connectivity index (χ4n) is 1.63. The summed E-state index contributed by atoms with van der Waals surface area (Å²) in [5, 5.41) is 0. The smallest absolute Gasteiger partial charge is 0.0755 e. The molecule has 1 aliphatic heterocycles. The van der Waals surface area contributed by atoms with E-state index in [0.717, 1.165) is 30.9 Å². The molecule has 1 heterocycles. The lowest BCUT2D eigenvalue weighted by Crippen LogP contribution is -2.03. The number of hydrogen-bond acceptors (Lipinski definition) is 3. The molecule has 1 aromatic rings. The number of nitrogens with zero attached hydrogens (tertiary/aromatic N) is 1. The number of rotatable bonds is 2. The molecule has 0 radical (unpaired) electrons. The molecule has 3 nitrogen and oxygen atoms in total. The summed E-state index contributed by atoms with van der Waals surface area (Å²) in [5.41, 5.74) is 8.84. The fourth-order valence-corrected chi connectivity index (χ4v) is 1.63. The maximum atomic E-state index is 5.85. The molecule has 2 N–H and O–H groups in total. The second kappa shape index (κ2) is 4.45. The van der Waals surface area contributed by atoms with E-state index in [0.29, 0.717) is 6.04 Å². The van der Waals surface area contributed by atoms with Gasteiger partial charge in [0.15, 0.2) is 0 Å². The number of hydrogen-bond donors (Lipinski definition) is 1. The van der Waals surface area contributed by atoms with E-state index in [9.17, 15) is 0 Å². The average molecular weight is 204 g/mol. The van der Waals surface area contributed by atoms with Crippen molar-refractivity contribution in [2.45, 2.75) is 19.4 Å². The topological polar surface area (TPSA) is 47.6 Å². The van der Waals surface area contributed by atoms with Gasteiger partial charge in [-0.1, -0.05) is 11.6 Å². The van der Waals surface area contributed by atoms with E-state index in [-0.39, 0.29) is 0 Å². The highest BCUT2D eigenvalue weighted by Crippen LogP contribution is 2.13. The average Bonchev–Trinajstić information content (AvgIpc) is 2.72. The number of aliphatic imine (C=N–C) groups is 1. The highest BCUT2D eigenvalue weighted by molar-refractivity contribution is 5.87. The van der Waals surface area contributed by atoms with Gasteiger partial charge in [0.2, 0.25) is 0 Å². The van der Waals surface area contributed by atoms with Crippen LogP contribution in [0.3, 0.4) is 0 Å². The molecule has 1 atom stereocenters. The summed E-state index contributed by atoms with van der Waals surface area (Å²) >= 11 is 0. The van der Waals surface area contributed by atoms with Crippen LogP contribution in [0.1, 0.15) is 17.5 Å². The predicted molar refractivity (Wildman–Crippen MR) is 62.4 cm³/mol. The molecule has 0 aromatic heterocycles. The first-order valence-corrected chi connectivity index (χ1v) is 5.23. The maximum absolute atomic E-state index is 5.85. The lowest BCUT2D eigenvalue weighted by molar-refractivity contribution is 0.194. The Bertz CT molecular complexity index is 368. The third kappa shape index (κ3) is 2.57. The Morgan fingerprint density at radius 1 is 1.53 bits per heavy atom.